The van der Waals surface area contributed by atoms with Gasteiger partial charge in [-0.05, 0) is 37.6 Å². The number of methoxy groups -OCH3 is 1. The van der Waals surface area contributed by atoms with Gasteiger partial charge in [0.2, 0.25) is 0 Å². The van der Waals surface area contributed by atoms with E-state index in [1.165, 1.54) is 6.07 Å². The highest BCUT2D eigenvalue weighted by atomic mass is 19.3. The van der Waals surface area contributed by atoms with Gasteiger partial charge in [-0.15, -0.1) is 0 Å². The third-order valence-corrected chi connectivity index (χ3v) is 3.93. The fourth-order valence-electron chi connectivity index (χ4n) is 2.64. The zero-order valence-electron chi connectivity index (χ0n) is 16.9. The number of nitrogens with zero attached hydrogens (tertiary/aromatic N) is 1. The Morgan fingerprint density at radius 3 is 2.52 bits per heavy atom. The van der Waals surface area contributed by atoms with E-state index in [9.17, 15) is 8.78 Å². The summed E-state index contributed by atoms with van der Waals surface area (Å²) in [5.74, 6) is 2.04. The summed E-state index contributed by atoms with van der Waals surface area (Å²) in [4.78, 5) is 4.56. The van der Waals surface area contributed by atoms with Crippen LogP contribution in [0.5, 0.6) is 17.2 Å². The first kappa shape index (κ1) is 22.3. The van der Waals surface area contributed by atoms with E-state index in [0.717, 1.165) is 5.56 Å². The number of aliphatic imine (C=N–C) groups is 1. The van der Waals surface area contributed by atoms with Gasteiger partial charge in [0.05, 0.1) is 20.3 Å². The minimum atomic E-state index is -2.87. The Balaban J connectivity index is 2.08. The molecule has 2 rings (SSSR count). The van der Waals surface area contributed by atoms with E-state index >= 15 is 0 Å². The lowest BCUT2D eigenvalue weighted by molar-refractivity contribution is -0.0504. The molecular formula is C21H27F2N3O3. The van der Waals surface area contributed by atoms with Crippen LogP contribution in [-0.4, -0.2) is 32.8 Å². The summed E-state index contributed by atoms with van der Waals surface area (Å²) < 4.78 is 40.6. The van der Waals surface area contributed by atoms with E-state index < -0.39 is 6.61 Å². The summed E-state index contributed by atoms with van der Waals surface area (Å²) >= 11 is 0. The molecule has 6 nitrogen and oxygen atoms in total. The topological polar surface area (TPSA) is 64.1 Å². The number of hydrogen-bond acceptors (Lipinski definition) is 4. The predicted molar refractivity (Wildman–Crippen MR) is 109 cm³/mol. The van der Waals surface area contributed by atoms with Crippen molar-refractivity contribution in [2.75, 3.05) is 20.3 Å². The summed E-state index contributed by atoms with van der Waals surface area (Å²) in [6.07, 6.45) is 0. The SMILES string of the molecule is CCNC(=NCc1ccc(OC)c(OCC)c1)NCc1ccccc1OC(F)F. The lowest BCUT2D eigenvalue weighted by Crippen LogP contribution is -2.36. The van der Waals surface area contributed by atoms with Crippen molar-refractivity contribution in [3.8, 4) is 17.2 Å². The van der Waals surface area contributed by atoms with Crippen LogP contribution in [0.1, 0.15) is 25.0 Å². The molecule has 8 heteroatoms. The van der Waals surface area contributed by atoms with Gasteiger partial charge in [-0.2, -0.15) is 8.78 Å². The monoisotopic (exact) mass is 407 g/mol. The van der Waals surface area contributed by atoms with Gasteiger partial charge < -0.3 is 24.8 Å². The molecule has 0 bridgehead atoms. The number of alkyl halides is 2. The molecular weight excluding hydrogens is 380 g/mol. The molecule has 158 valence electrons. The van der Waals surface area contributed by atoms with Crippen LogP contribution >= 0.6 is 0 Å². The lowest BCUT2D eigenvalue weighted by Gasteiger charge is -2.14. The molecule has 0 spiro atoms. The molecule has 0 atom stereocenters. The second-order valence-electron chi connectivity index (χ2n) is 5.95. The standard InChI is InChI=1S/C21H27F2N3O3/c1-4-24-21(26-14-16-8-6-7-9-17(16)29-20(22)23)25-13-15-10-11-18(27-3)19(12-15)28-5-2/h6-12,20H,4-5,13-14H2,1-3H3,(H2,24,25,26). The van der Waals surface area contributed by atoms with Crippen LogP contribution in [-0.2, 0) is 13.1 Å². The van der Waals surface area contributed by atoms with E-state index in [1.54, 1.807) is 25.3 Å². The van der Waals surface area contributed by atoms with Gasteiger partial charge in [0.25, 0.3) is 0 Å². The number of halogens is 2. The Labute approximate surface area is 169 Å². The number of rotatable bonds is 10. The first-order chi connectivity index (χ1) is 14.1. The summed E-state index contributed by atoms with van der Waals surface area (Å²) in [6.45, 7) is 2.89. The highest BCUT2D eigenvalue weighted by Crippen LogP contribution is 2.28. The maximum Gasteiger partial charge on any atom is 0.387 e. The van der Waals surface area contributed by atoms with Crippen LogP contribution in [0.3, 0.4) is 0 Å². The maximum atomic E-state index is 12.6. The Hall–Kier alpha value is -3.03. The number of nitrogens with one attached hydrogen (secondary N) is 2. The Bertz CT molecular complexity index is 800. The van der Waals surface area contributed by atoms with Crippen molar-refractivity contribution < 1.29 is 23.0 Å². The number of benzene rings is 2. The van der Waals surface area contributed by atoms with Gasteiger partial charge in [0.15, 0.2) is 17.5 Å². The third-order valence-electron chi connectivity index (χ3n) is 3.93. The third kappa shape index (κ3) is 7.14. The van der Waals surface area contributed by atoms with Crippen molar-refractivity contribution in [2.24, 2.45) is 4.99 Å². The van der Waals surface area contributed by atoms with E-state index in [1.807, 2.05) is 32.0 Å². The van der Waals surface area contributed by atoms with E-state index in [4.69, 9.17) is 9.47 Å². The summed E-state index contributed by atoms with van der Waals surface area (Å²) in [7, 11) is 1.60. The molecule has 0 aliphatic heterocycles. The van der Waals surface area contributed by atoms with E-state index in [-0.39, 0.29) is 5.75 Å². The molecule has 2 aromatic rings. The summed E-state index contributed by atoms with van der Waals surface area (Å²) in [5.41, 5.74) is 1.56. The van der Waals surface area contributed by atoms with Gasteiger partial charge in [-0.25, -0.2) is 4.99 Å². The zero-order chi connectivity index (χ0) is 21.1. The molecule has 0 amide bonds. The van der Waals surface area contributed by atoms with E-state index in [2.05, 4.69) is 20.4 Å². The van der Waals surface area contributed by atoms with Gasteiger partial charge in [-0.1, -0.05) is 24.3 Å². The maximum absolute atomic E-state index is 12.6. The zero-order valence-corrected chi connectivity index (χ0v) is 16.9. The van der Waals surface area contributed by atoms with Crippen LogP contribution in [0, 0.1) is 0 Å². The molecule has 0 aliphatic rings. The predicted octanol–water partition coefficient (Wildman–Crippen LogP) is 3.95. The van der Waals surface area contributed by atoms with Crippen LogP contribution < -0.4 is 24.8 Å². The Kier molecular flexibility index (Phi) is 9.01. The number of para-hydroxylation sites is 1. The van der Waals surface area contributed by atoms with Crippen molar-refractivity contribution >= 4 is 5.96 Å². The highest BCUT2D eigenvalue weighted by molar-refractivity contribution is 5.79. The van der Waals surface area contributed by atoms with Gasteiger partial charge in [0.1, 0.15) is 5.75 Å². The minimum absolute atomic E-state index is 0.141. The van der Waals surface area contributed by atoms with Crippen molar-refractivity contribution in [2.45, 2.75) is 33.5 Å². The highest BCUT2D eigenvalue weighted by Gasteiger charge is 2.10. The minimum Gasteiger partial charge on any atom is -0.493 e. The fraction of sp³-hybridized carbons (Fsp3) is 0.381. The van der Waals surface area contributed by atoms with Gasteiger partial charge >= 0.3 is 6.61 Å². The lowest BCUT2D eigenvalue weighted by atomic mass is 10.2. The molecule has 0 unspecified atom stereocenters. The summed E-state index contributed by atoms with van der Waals surface area (Å²) in [5, 5.41) is 6.28. The Morgan fingerprint density at radius 1 is 1.03 bits per heavy atom. The van der Waals surface area contributed by atoms with E-state index in [0.29, 0.717) is 49.3 Å². The van der Waals surface area contributed by atoms with Crippen molar-refractivity contribution in [3.05, 3.63) is 53.6 Å². The normalized spacial score (nSPS) is 11.3. The first-order valence-corrected chi connectivity index (χ1v) is 9.42. The number of hydrogen-bond donors (Lipinski definition) is 2. The molecule has 0 saturated carbocycles. The second-order valence-corrected chi connectivity index (χ2v) is 5.95. The summed E-state index contributed by atoms with van der Waals surface area (Å²) in [6, 6.07) is 12.3. The van der Waals surface area contributed by atoms with Crippen LogP contribution in [0.25, 0.3) is 0 Å². The molecule has 2 N–H and O–H groups in total. The molecule has 0 fully saturated rings. The molecule has 0 radical (unpaired) electrons. The molecule has 0 aliphatic carbocycles. The van der Waals surface area contributed by atoms with Crippen LogP contribution in [0.2, 0.25) is 0 Å². The molecule has 0 heterocycles. The molecule has 0 saturated heterocycles. The molecule has 29 heavy (non-hydrogen) atoms. The fourth-order valence-corrected chi connectivity index (χ4v) is 2.64. The Morgan fingerprint density at radius 2 is 1.83 bits per heavy atom. The average molecular weight is 407 g/mol. The van der Waals surface area contributed by atoms with Gasteiger partial charge in [0, 0.05) is 18.7 Å². The van der Waals surface area contributed by atoms with Gasteiger partial charge in [-0.3, -0.25) is 0 Å². The van der Waals surface area contributed by atoms with Crippen molar-refractivity contribution in [1.29, 1.82) is 0 Å². The smallest absolute Gasteiger partial charge is 0.387 e. The molecule has 2 aromatic carbocycles. The molecule has 0 aromatic heterocycles. The quantitative estimate of drug-likeness (QED) is 0.461. The number of guanidine groups is 1. The van der Waals surface area contributed by atoms with Crippen molar-refractivity contribution in [3.63, 3.8) is 0 Å². The largest absolute Gasteiger partial charge is 0.493 e. The second kappa shape index (κ2) is 11.7. The van der Waals surface area contributed by atoms with Crippen LogP contribution in [0.15, 0.2) is 47.5 Å². The van der Waals surface area contributed by atoms with Crippen LogP contribution in [0.4, 0.5) is 8.78 Å². The average Bonchev–Trinajstić information content (AvgIpc) is 2.71. The first-order valence-electron chi connectivity index (χ1n) is 9.42. The number of ether oxygens (including phenoxy) is 3. The van der Waals surface area contributed by atoms with Crippen molar-refractivity contribution in [1.82, 2.24) is 10.6 Å².